The summed E-state index contributed by atoms with van der Waals surface area (Å²) in [6.07, 6.45) is -0.756. The first-order valence-corrected chi connectivity index (χ1v) is 5.69. The minimum Gasteiger partial charge on any atom is -0.431 e. The van der Waals surface area contributed by atoms with E-state index in [1.165, 1.54) is 0 Å². The van der Waals surface area contributed by atoms with Gasteiger partial charge in [-0.3, -0.25) is 0 Å². The minimum absolute atomic E-state index is 0.0751. The van der Waals surface area contributed by atoms with Crippen LogP contribution in [0.3, 0.4) is 0 Å². The van der Waals surface area contributed by atoms with Crippen molar-refractivity contribution in [2.24, 2.45) is 0 Å². The summed E-state index contributed by atoms with van der Waals surface area (Å²) < 4.78 is 10.0. The summed E-state index contributed by atoms with van der Waals surface area (Å²) in [7, 11) is 0. The van der Waals surface area contributed by atoms with E-state index in [0.29, 0.717) is 5.75 Å². The largest absolute Gasteiger partial charge is 0.513 e. The first-order chi connectivity index (χ1) is 8.43. The number of hydrogen-bond donors (Lipinski definition) is 0. The molecule has 18 heavy (non-hydrogen) atoms. The molecule has 0 aliphatic carbocycles. The van der Waals surface area contributed by atoms with Crippen LogP contribution in [0.15, 0.2) is 30.3 Å². The standard InChI is InChI=1S/C13H16O5/c1-12(2)13(3,18-17-12)9-15-11(14)16-10-7-5-4-6-8-10/h4-8H,9H2,1-3H3. The van der Waals surface area contributed by atoms with Gasteiger partial charge in [-0.1, -0.05) is 18.2 Å². The molecule has 0 radical (unpaired) electrons. The molecule has 5 heteroatoms. The summed E-state index contributed by atoms with van der Waals surface area (Å²) in [5, 5.41) is 0. The monoisotopic (exact) mass is 252 g/mol. The second kappa shape index (κ2) is 4.59. The molecule has 98 valence electrons. The van der Waals surface area contributed by atoms with Gasteiger partial charge in [0, 0.05) is 0 Å². The molecule has 0 aromatic heterocycles. The first-order valence-electron chi connectivity index (χ1n) is 5.69. The third-order valence-electron chi connectivity index (χ3n) is 3.12. The zero-order chi connectivity index (χ0) is 13.2. The predicted molar refractivity (Wildman–Crippen MR) is 63.1 cm³/mol. The zero-order valence-electron chi connectivity index (χ0n) is 10.6. The van der Waals surface area contributed by atoms with Gasteiger partial charge in [0.1, 0.15) is 18.0 Å². The van der Waals surface area contributed by atoms with Crippen molar-refractivity contribution in [2.45, 2.75) is 32.0 Å². The van der Waals surface area contributed by atoms with Gasteiger partial charge in [0.05, 0.1) is 0 Å². The molecule has 0 N–H and O–H groups in total. The number of ether oxygens (including phenoxy) is 2. The molecule has 1 fully saturated rings. The molecule has 1 aliphatic heterocycles. The van der Waals surface area contributed by atoms with Gasteiger partial charge in [0.15, 0.2) is 5.60 Å². The molecule has 0 amide bonds. The highest BCUT2D eigenvalue weighted by molar-refractivity contribution is 5.63. The van der Waals surface area contributed by atoms with Gasteiger partial charge < -0.3 is 9.47 Å². The van der Waals surface area contributed by atoms with Crippen LogP contribution in [0.4, 0.5) is 4.79 Å². The van der Waals surface area contributed by atoms with Crippen LogP contribution in [0.2, 0.25) is 0 Å². The van der Waals surface area contributed by atoms with Crippen molar-refractivity contribution in [1.29, 1.82) is 0 Å². The maximum Gasteiger partial charge on any atom is 0.513 e. The van der Waals surface area contributed by atoms with Crippen molar-refractivity contribution in [3.05, 3.63) is 30.3 Å². The fourth-order valence-electron chi connectivity index (χ4n) is 1.36. The Morgan fingerprint density at radius 2 is 1.83 bits per heavy atom. The molecular formula is C13H16O5. The molecule has 0 bridgehead atoms. The average Bonchev–Trinajstić information content (AvgIpc) is 2.36. The lowest BCUT2D eigenvalue weighted by molar-refractivity contribution is -0.543. The molecule has 1 saturated heterocycles. The summed E-state index contributed by atoms with van der Waals surface area (Å²) >= 11 is 0. The molecule has 1 atom stereocenters. The number of carbonyl (C=O) groups excluding carboxylic acids is 1. The quantitative estimate of drug-likeness (QED) is 0.470. The normalized spacial score (nSPS) is 25.1. The molecule has 1 aromatic rings. The SMILES string of the molecule is CC1(C)OOC1(C)COC(=O)Oc1ccccc1. The third-order valence-corrected chi connectivity index (χ3v) is 3.12. The van der Waals surface area contributed by atoms with Crippen LogP contribution in [0.25, 0.3) is 0 Å². The van der Waals surface area contributed by atoms with Crippen LogP contribution in [0.5, 0.6) is 5.75 Å². The molecule has 5 nitrogen and oxygen atoms in total. The Bertz CT molecular complexity index is 428. The van der Waals surface area contributed by atoms with E-state index in [9.17, 15) is 4.79 Å². The highest BCUT2D eigenvalue weighted by atomic mass is 17.3. The average molecular weight is 252 g/mol. The number of para-hydroxylation sites is 1. The summed E-state index contributed by atoms with van der Waals surface area (Å²) in [5.74, 6) is 0.442. The Labute approximate surface area is 106 Å². The van der Waals surface area contributed by atoms with E-state index in [-0.39, 0.29) is 6.61 Å². The molecule has 0 spiro atoms. The first kappa shape index (κ1) is 12.9. The van der Waals surface area contributed by atoms with Crippen molar-refractivity contribution in [1.82, 2.24) is 0 Å². The minimum atomic E-state index is -0.756. The predicted octanol–water partition coefficient (Wildman–Crippen LogP) is 2.70. The van der Waals surface area contributed by atoms with Crippen molar-refractivity contribution in [2.75, 3.05) is 6.61 Å². The second-order valence-corrected chi connectivity index (χ2v) is 4.86. The Morgan fingerprint density at radius 1 is 1.17 bits per heavy atom. The molecular weight excluding hydrogens is 236 g/mol. The van der Waals surface area contributed by atoms with Crippen molar-refractivity contribution in [3.8, 4) is 5.75 Å². The Morgan fingerprint density at radius 3 is 2.33 bits per heavy atom. The molecule has 1 aliphatic rings. The highest BCUT2D eigenvalue weighted by Gasteiger charge is 2.55. The van der Waals surface area contributed by atoms with Gasteiger partial charge in [-0.05, 0) is 32.9 Å². The Hall–Kier alpha value is -1.59. The van der Waals surface area contributed by atoms with E-state index in [2.05, 4.69) is 0 Å². The highest BCUT2D eigenvalue weighted by Crippen LogP contribution is 2.40. The van der Waals surface area contributed by atoms with Crippen molar-refractivity contribution >= 4 is 6.16 Å². The van der Waals surface area contributed by atoms with Crippen LogP contribution >= 0.6 is 0 Å². The summed E-state index contributed by atoms with van der Waals surface area (Å²) in [6, 6.07) is 8.73. The van der Waals surface area contributed by atoms with Crippen molar-refractivity contribution in [3.63, 3.8) is 0 Å². The van der Waals surface area contributed by atoms with Gasteiger partial charge in [0.25, 0.3) is 0 Å². The van der Waals surface area contributed by atoms with E-state index >= 15 is 0 Å². The second-order valence-electron chi connectivity index (χ2n) is 4.86. The maximum absolute atomic E-state index is 11.5. The summed E-state index contributed by atoms with van der Waals surface area (Å²) in [6.45, 7) is 5.61. The lowest BCUT2D eigenvalue weighted by Gasteiger charge is -2.49. The third kappa shape index (κ3) is 2.47. The summed E-state index contributed by atoms with van der Waals surface area (Å²) in [5.41, 5.74) is -1.14. The van der Waals surface area contributed by atoms with Crippen LogP contribution in [-0.4, -0.2) is 24.0 Å². The van der Waals surface area contributed by atoms with Crippen LogP contribution < -0.4 is 4.74 Å². The van der Waals surface area contributed by atoms with Gasteiger partial charge in [-0.25, -0.2) is 14.6 Å². The van der Waals surface area contributed by atoms with Gasteiger partial charge in [-0.2, -0.15) is 0 Å². The van der Waals surface area contributed by atoms with E-state index in [1.807, 2.05) is 26.8 Å². The van der Waals surface area contributed by atoms with Crippen LogP contribution in [-0.2, 0) is 14.5 Å². The van der Waals surface area contributed by atoms with Gasteiger partial charge in [0.2, 0.25) is 0 Å². The Kier molecular flexibility index (Phi) is 3.28. The molecule has 0 saturated carbocycles. The molecule has 1 heterocycles. The number of benzene rings is 1. The van der Waals surface area contributed by atoms with Crippen LogP contribution in [0, 0.1) is 0 Å². The fourth-order valence-corrected chi connectivity index (χ4v) is 1.36. The lowest BCUT2D eigenvalue weighted by Crippen LogP contribution is -2.64. The topological polar surface area (TPSA) is 54.0 Å². The lowest BCUT2D eigenvalue weighted by atomic mass is 9.86. The zero-order valence-corrected chi connectivity index (χ0v) is 10.6. The van der Waals surface area contributed by atoms with E-state index in [4.69, 9.17) is 19.2 Å². The maximum atomic E-state index is 11.5. The van der Waals surface area contributed by atoms with E-state index < -0.39 is 17.4 Å². The summed E-state index contributed by atoms with van der Waals surface area (Å²) in [4.78, 5) is 21.4. The number of hydrogen-bond acceptors (Lipinski definition) is 5. The molecule has 2 rings (SSSR count). The molecule has 1 unspecified atom stereocenters. The van der Waals surface area contributed by atoms with Gasteiger partial charge >= 0.3 is 6.16 Å². The van der Waals surface area contributed by atoms with Crippen molar-refractivity contribution < 1.29 is 24.0 Å². The fraction of sp³-hybridized carbons (Fsp3) is 0.462. The smallest absolute Gasteiger partial charge is 0.431 e. The van der Waals surface area contributed by atoms with E-state index in [1.54, 1.807) is 24.3 Å². The number of rotatable bonds is 3. The van der Waals surface area contributed by atoms with Crippen LogP contribution in [0.1, 0.15) is 20.8 Å². The number of carbonyl (C=O) groups is 1. The van der Waals surface area contributed by atoms with E-state index in [0.717, 1.165) is 0 Å². The molecule has 1 aromatic carbocycles. The Balaban J connectivity index is 1.83. The van der Waals surface area contributed by atoms with Gasteiger partial charge in [-0.15, -0.1) is 0 Å².